The minimum atomic E-state index is -0.449. The largest absolute Gasteiger partial charge is 0.309 e. The van der Waals surface area contributed by atoms with E-state index in [-0.39, 0.29) is 5.41 Å². The summed E-state index contributed by atoms with van der Waals surface area (Å²) in [6.07, 6.45) is 0. The third-order valence-corrected chi connectivity index (χ3v) is 13.5. The Morgan fingerprint density at radius 3 is 1.39 bits per heavy atom. The van der Waals surface area contributed by atoms with Crippen LogP contribution in [0.5, 0.6) is 0 Å². The summed E-state index contributed by atoms with van der Waals surface area (Å²) in [7, 11) is 0. The zero-order valence-corrected chi connectivity index (χ0v) is 33.2. The van der Waals surface area contributed by atoms with E-state index in [2.05, 4.69) is 231 Å². The van der Waals surface area contributed by atoms with Gasteiger partial charge in [0.05, 0.1) is 16.8 Å². The Kier molecular flexibility index (Phi) is 7.26. The second-order valence-corrected chi connectivity index (χ2v) is 16.8. The van der Waals surface area contributed by atoms with Gasteiger partial charge in [-0.25, -0.2) is 0 Å². The van der Waals surface area contributed by atoms with Gasteiger partial charge in [-0.1, -0.05) is 202 Å². The van der Waals surface area contributed by atoms with Crippen LogP contribution in [0.4, 0.5) is 17.1 Å². The molecule has 9 aromatic carbocycles. The molecule has 3 aliphatic carbocycles. The Morgan fingerprint density at radius 2 is 0.746 bits per heavy atom. The van der Waals surface area contributed by atoms with Crippen molar-refractivity contribution in [2.75, 3.05) is 4.90 Å². The third-order valence-electron chi connectivity index (χ3n) is 13.5. The Morgan fingerprint density at radius 1 is 0.305 bits per heavy atom. The fraction of sp³-hybridized carbons (Fsp3) is 0.0690. The van der Waals surface area contributed by atoms with E-state index < -0.39 is 5.41 Å². The van der Waals surface area contributed by atoms with Crippen molar-refractivity contribution < 1.29 is 0 Å². The molecule has 0 aliphatic heterocycles. The van der Waals surface area contributed by atoms with Gasteiger partial charge in [0.1, 0.15) is 0 Å². The first kappa shape index (κ1) is 33.9. The van der Waals surface area contributed by atoms with Crippen molar-refractivity contribution in [2.24, 2.45) is 0 Å². The molecule has 0 amide bonds. The summed E-state index contributed by atoms with van der Waals surface area (Å²) in [5.74, 6) is 0. The molecule has 0 radical (unpaired) electrons. The van der Waals surface area contributed by atoms with Crippen LogP contribution in [0.25, 0.3) is 55.6 Å². The molecule has 0 heterocycles. The quantitative estimate of drug-likeness (QED) is 0.169. The van der Waals surface area contributed by atoms with Crippen LogP contribution in [-0.2, 0) is 10.8 Å². The Balaban J connectivity index is 1.20. The summed E-state index contributed by atoms with van der Waals surface area (Å²) in [6.45, 7) is 4.73. The Hall–Kier alpha value is -7.22. The summed E-state index contributed by atoms with van der Waals surface area (Å²) in [5.41, 5.74) is 23.6. The molecule has 9 aromatic rings. The highest BCUT2D eigenvalue weighted by Gasteiger charge is 2.52. The third kappa shape index (κ3) is 4.62. The molecule has 0 bridgehead atoms. The fourth-order valence-electron chi connectivity index (χ4n) is 11.1. The van der Waals surface area contributed by atoms with Crippen LogP contribution in [0.15, 0.2) is 212 Å². The monoisotopic (exact) mass is 751 g/mol. The zero-order valence-electron chi connectivity index (χ0n) is 33.2. The second kappa shape index (κ2) is 12.6. The summed E-state index contributed by atoms with van der Waals surface area (Å²) in [6, 6.07) is 79.3. The van der Waals surface area contributed by atoms with Gasteiger partial charge in [0.25, 0.3) is 0 Å². The van der Waals surface area contributed by atoms with E-state index >= 15 is 0 Å². The fourth-order valence-corrected chi connectivity index (χ4v) is 11.1. The molecule has 0 N–H and O–H groups in total. The maximum Gasteiger partial charge on any atom is 0.0726 e. The number of anilines is 3. The van der Waals surface area contributed by atoms with Crippen molar-refractivity contribution in [3.63, 3.8) is 0 Å². The molecule has 0 fully saturated rings. The van der Waals surface area contributed by atoms with Crippen molar-refractivity contribution in [1.29, 1.82) is 0 Å². The highest BCUT2D eigenvalue weighted by atomic mass is 15.1. The summed E-state index contributed by atoms with van der Waals surface area (Å²) >= 11 is 0. The van der Waals surface area contributed by atoms with Gasteiger partial charge in [-0.05, 0) is 102 Å². The number of hydrogen-bond acceptors (Lipinski definition) is 1. The predicted octanol–water partition coefficient (Wildman–Crippen LogP) is 15.1. The molecule has 1 heteroatoms. The summed E-state index contributed by atoms with van der Waals surface area (Å²) < 4.78 is 0. The number of fused-ring (bicyclic) bond motifs is 13. The summed E-state index contributed by atoms with van der Waals surface area (Å²) in [4.78, 5) is 2.57. The lowest BCUT2D eigenvalue weighted by molar-refractivity contribution is 0.660. The molecule has 0 saturated carbocycles. The van der Waals surface area contributed by atoms with Crippen LogP contribution in [0.2, 0.25) is 0 Å². The van der Waals surface area contributed by atoms with Crippen LogP contribution >= 0.6 is 0 Å². The van der Waals surface area contributed by atoms with Crippen LogP contribution < -0.4 is 4.90 Å². The molecule has 59 heavy (non-hydrogen) atoms. The van der Waals surface area contributed by atoms with Gasteiger partial charge in [0.15, 0.2) is 0 Å². The number of hydrogen-bond donors (Lipinski definition) is 0. The average molecular weight is 752 g/mol. The van der Waals surface area contributed by atoms with E-state index in [0.29, 0.717) is 0 Å². The minimum absolute atomic E-state index is 0.0969. The van der Waals surface area contributed by atoms with Gasteiger partial charge in [-0.2, -0.15) is 0 Å². The molecular weight excluding hydrogens is 711 g/mol. The number of benzene rings is 9. The maximum atomic E-state index is 2.57. The van der Waals surface area contributed by atoms with Gasteiger partial charge in [-0.3, -0.25) is 0 Å². The van der Waals surface area contributed by atoms with Gasteiger partial charge in [-0.15, -0.1) is 0 Å². The molecule has 1 nitrogen and oxygen atoms in total. The average Bonchev–Trinajstić information content (AvgIpc) is 3.86. The number of nitrogens with zero attached hydrogens (tertiary/aromatic N) is 1. The lowest BCUT2D eigenvalue weighted by atomic mass is 9.70. The molecular formula is C58H41N. The van der Waals surface area contributed by atoms with E-state index in [1.807, 2.05) is 0 Å². The molecule has 278 valence electrons. The number of rotatable bonds is 5. The first-order valence-electron chi connectivity index (χ1n) is 20.8. The van der Waals surface area contributed by atoms with Crippen molar-refractivity contribution in [2.45, 2.75) is 24.7 Å². The predicted molar refractivity (Wildman–Crippen MR) is 246 cm³/mol. The molecule has 0 unspecified atom stereocenters. The molecule has 0 aromatic heterocycles. The van der Waals surface area contributed by atoms with Gasteiger partial charge >= 0.3 is 0 Å². The minimum Gasteiger partial charge on any atom is -0.309 e. The first-order valence-corrected chi connectivity index (χ1v) is 20.8. The highest BCUT2D eigenvalue weighted by molar-refractivity contribution is 6.04. The van der Waals surface area contributed by atoms with E-state index in [9.17, 15) is 0 Å². The normalized spacial score (nSPS) is 14.2. The van der Waals surface area contributed by atoms with Crippen LogP contribution in [0.1, 0.15) is 47.2 Å². The van der Waals surface area contributed by atoms with E-state index in [1.165, 1.54) is 94.7 Å². The van der Waals surface area contributed by atoms with Crippen LogP contribution in [-0.4, -0.2) is 0 Å². The Bertz CT molecular complexity index is 3090. The van der Waals surface area contributed by atoms with Gasteiger partial charge < -0.3 is 4.90 Å². The van der Waals surface area contributed by atoms with E-state index in [0.717, 1.165) is 11.4 Å². The van der Waals surface area contributed by atoms with Crippen LogP contribution in [0.3, 0.4) is 0 Å². The molecule has 1 spiro atoms. The topological polar surface area (TPSA) is 3.24 Å². The Labute approximate surface area is 346 Å². The highest BCUT2D eigenvalue weighted by Crippen LogP contribution is 2.65. The van der Waals surface area contributed by atoms with Crippen molar-refractivity contribution in [3.05, 3.63) is 246 Å². The van der Waals surface area contributed by atoms with Crippen molar-refractivity contribution in [1.82, 2.24) is 0 Å². The summed E-state index contributed by atoms with van der Waals surface area (Å²) in [5, 5.41) is 0. The molecule has 3 aliphatic rings. The van der Waals surface area contributed by atoms with E-state index in [1.54, 1.807) is 0 Å². The molecule has 0 atom stereocenters. The van der Waals surface area contributed by atoms with Crippen molar-refractivity contribution >= 4 is 17.1 Å². The standard InChI is InChI=1S/C58H41N/c1-57(2)47-28-13-9-25-44(47)46-37-40(35-36-48(46)57)59(53-33-17-27-41(38-19-5-3-6-20-38)55(53)39-21-7-4-8-22-39)54-34-18-32-52-56(54)45-26-12-16-31-51(45)58(52)49-29-14-10-23-42(49)43-24-11-15-30-50(43)58/h3-37H,1-2H3. The zero-order chi connectivity index (χ0) is 39.3. The van der Waals surface area contributed by atoms with Crippen molar-refractivity contribution in [3.8, 4) is 55.6 Å². The maximum absolute atomic E-state index is 2.57. The van der Waals surface area contributed by atoms with Gasteiger partial charge in [0.2, 0.25) is 0 Å². The van der Waals surface area contributed by atoms with Gasteiger partial charge in [0, 0.05) is 22.2 Å². The second-order valence-electron chi connectivity index (χ2n) is 16.8. The van der Waals surface area contributed by atoms with Crippen LogP contribution in [0, 0.1) is 0 Å². The molecule has 12 rings (SSSR count). The lowest BCUT2D eigenvalue weighted by Crippen LogP contribution is -2.26. The van der Waals surface area contributed by atoms with E-state index in [4.69, 9.17) is 0 Å². The SMILES string of the molecule is CC1(C)c2ccccc2-c2cc(N(c3cccc(-c4ccccc4)c3-c3ccccc3)c3cccc4c3-c3ccccc3C43c4ccccc4-c4ccccc43)ccc21. The molecule has 0 saturated heterocycles. The smallest absolute Gasteiger partial charge is 0.0726 e. The first-order chi connectivity index (χ1) is 29.1. The lowest BCUT2D eigenvalue weighted by Gasteiger charge is -2.33.